The Kier molecular flexibility index (Phi) is 13.1. The molecule has 23 nitrogen and oxygen atoms in total. The van der Waals surface area contributed by atoms with Crippen LogP contribution in [0.4, 0.5) is 21.5 Å². The number of aromatic nitrogens is 2. The number of nitrogen functional groups attached to an aromatic ring is 1. The number of anilines is 1. The summed E-state index contributed by atoms with van der Waals surface area (Å²) in [5.41, 5.74) is 11.8. The number of fused-ring (bicyclic) bond motifs is 9. The predicted molar refractivity (Wildman–Crippen MR) is 260 cm³/mol. The first-order valence-electron chi connectivity index (χ1n) is 23.9. The van der Waals surface area contributed by atoms with Gasteiger partial charge in [0.15, 0.2) is 0 Å². The van der Waals surface area contributed by atoms with Crippen LogP contribution in [0.3, 0.4) is 0 Å². The Balaban J connectivity index is 0.000000118. The van der Waals surface area contributed by atoms with Gasteiger partial charge >= 0.3 is 11.4 Å². The molecular formula is C51H49FN10O13. The number of imidazole rings is 1. The first-order chi connectivity index (χ1) is 35.6. The number of H-pyrrole nitrogens is 1. The van der Waals surface area contributed by atoms with E-state index < -0.39 is 43.3 Å². The number of amides is 8. The molecule has 8 amide bonds. The van der Waals surface area contributed by atoms with Gasteiger partial charge in [-0.15, -0.1) is 0 Å². The number of nitro groups is 2. The standard InChI is InChI=1S/C13H11N3O3.C13H12N2O4.C13H14N2O2.C6H4FNO2.C6H8N2O2/c17-10-7-5-13(6-7,11(18)15-10)16-9-4-2-1-3-8(9)14-12(16)19;16-11-9-6-13(7-9,12(17)14-11)5-8-3-1-2-4-10(8)15(18)19;14-10-4-2-1-3-8(10)5-13-6-9(7-13)11(16)15-12(13)17;7-5-3-1-2-4-6(5)8(9)10;7-6-1-3(2-6)4(9)8-5(6)10/h1-4,7H,5-6H2,(H,14,19)(H,15,17,18);1-4,9H,5-7H2,(H,14,16,17);1-4,9H,5-7,14H2,(H,15,16,17);1-4H;3H,1-2,7H2,(H,8,9,10). The van der Waals surface area contributed by atoms with Crippen molar-refractivity contribution in [1.82, 2.24) is 30.8 Å². The molecule has 4 saturated carbocycles. The number of para-hydroxylation sites is 5. The van der Waals surface area contributed by atoms with Gasteiger partial charge in [-0.1, -0.05) is 60.7 Å². The van der Waals surface area contributed by atoms with Gasteiger partial charge in [-0.3, -0.25) is 84.4 Å². The summed E-state index contributed by atoms with van der Waals surface area (Å²) in [7, 11) is 0. The highest BCUT2D eigenvalue weighted by Gasteiger charge is 2.61. The number of nitro benzene ring substituents is 2. The normalized spacial score (nSPS) is 28.7. The number of nitrogens with one attached hydrogen (secondary N) is 5. The van der Waals surface area contributed by atoms with Crippen molar-refractivity contribution in [3.05, 3.63) is 145 Å². The lowest BCUT2D eigenvalue weighted by molar-refractivity contribution is -0.387. The molecule has 0 radical (unpaired) electrons. The highest BCUT2D eigenvalue weighted by molar-refractivity contribution is 6.08. The van der Waals surface area contributed by atoms with Crippen molar-refractivity contribution in [1.29, 1.82) is 0 Å². The molecule has 12 fully saturated rings. The molecule has 4 aliphatic carbocycles. The molecule has 12 aliphatic rings. The number of carbonyl (C=O) groups excluding carboxylic acids is 8. The first kappa shape index (κ1) is 51.1. The third-order valence-electron chi connectivity index (χ3n) is 15.6. The Hall–Kier alpha value is -8.80. The van der Waals surface area contributed by atoms with Crippen molar-refractivity contribution in [3.8, 4) is 0 Å². The Bertz CT molecular complexity index is 3330. The van der Waals surface area contributed by atoms with E-state index in [-0.39, 0.29) is 82.3 Å². The summed E-state index contributed by atoms with van der Waals surface area (Å²) in [4.78, 5) is 127. The van der Waals surface area contributed by atoms with E-state index in [4.69, 9.17) is 11.5 Å². The minimum Gasteiger partial charge on any atom is -0.399 e. The van der Waals surface area contributed by atoms with Crippen molar-refractivity contribution < 1.29 is 52.6 Å². The van der Waals surface area contributed by atoms with Crippen molar-refractivity contribution in [3.63, 3.8) is 0 Å². The summed E-state index contributed by atoms with van der Waals surface area (Å²) >= 11 is 0. The van der Waals surface area contributed by atoms with Gasteiger partial charge < -0.3 is 16.5 Å². The predicted octanol–water partition coefficient (Wildman–Crippen LogP) is 2.63. The lowest BCUT2D eigenvalue weighted by Gasteiger charge is -2.49. The summed E-state index contributed by atoms with van der Waals surface area (Å²) in [5, 5.41) is 30.3. The molecule has 0 spiro atoms. The molecule has 75 heavy (non-hydrogen) atoms. The number of rotatable bonds is 7. The minimum atomic E-state index is -0.894. The average molecular weight is 1030 g/mol. The number of nitrogens with zero attached hydrogens (tertiary/aromatic N) is 3. The number of hydrogen-bond donors (Lipinski definition) is 7. The van der Waals surface area contributed by atoms with E-state index in [1.54, 1.807) is 30.3 Å². The third-order valence-corrected chi connectivity index (χ3v) is 15.6. The molecule has 4 aromatic carbocycles. The second kappa shape index (κ2) is 19.2. The average Bonchev–Trinajstić information content (AvgIpc) is 3.66. The zero-order chi connectivity index (χ0) is 53.8. The van der Waals surface area contributed by atoms with E-state index in [1.165, 1.54) is 22.8 Å². The molecule has 8 aliphatic heterocycles. The monoisotopic (exact) mass is 1030 g/mol. The number of nitrogens with two attached hydrogens (primary N) is 2. The van der Waals surface area contributed by atoms with Crippen molar-refractivity contribution in [2.24, 2.45) is 40.2 Å². The number of benzene rings is 4. The quantitative estimate of drug-likeness (QED) is 0.0533. The zero-order valence-electron chi connectivity index (χ0n) is 39.8. The molecule has 8 saturated heterocycles. The lowest BCUT2D eigenvalue weighted by Crippen LogP contribution is -2.70. The van der Waals surface area contributed by atoms with E-state index in [1.807, 2.05) is 36.4 Å². The maximum atomic E-state index is 12.4. The number of imide groups is 4. The Morgan fingerprint density at radius 3 is 1.44 bits per heavy atom. The van der Waals surface area contributed by atoms with Gasteiger partial charge in [-0.2, -0.15) is 4.39 Å². The fourth-order valence-electron chi connectivity index (χ4n) is 11.3. The topological polar surface area (TPSA) is 361 Å². The molecule has 1 aromatic heterocycles. The molecule has 9 N–H and O–H groups in total. The Morgan fingerprint density at radius 1 is 0.533 bits per heavy atom. The van der Waals surface area contributed by atoms with Crippen LogP contribution in [-0.2, 0) is 56.7 Å². The molecule has 24 heteroatoms. The summed E-state index contributed by atoms with van der Waals surface area (Å²) in [5.74, 6) is -2.84. The molecule has 17 rings (SSSR count). The van der Waals surface area contributed by atoms with Crippen LogP contribution in [0.2, 0.25) is 0 Å². The van der Waals surface area contributed by atoms with Gasteiger partial charge in [0, 0.05) is 47.1 Å². The number of hydrogen-bond acceptors (Lipinski definition) is 15. The van der Waals surface area contributed by atoms with E-state index in [2.05, 4.69) is 26.3 Å². The van der Waals surface area contributed by atoms with Crippen LogP contribution >= 0.6 is 0 Å². The van der Waals surface area contributed by atoms with Crippen LogP contribution in [0.5, 0.6) is 0 Å². The zero-order valence-corrected chi connectivity index (χ0v) is 39.8. The van der Waals surface area contributed by atoms with Crippen molar-refractivity contribution in [2.45, 2.75) is 75.3 Å². The number of aromatic amines is 1. The molecule has 5 aromatic rings. The second-order valence-corrected chi connectivity index (χ2v) is 20.4. The van der Waals surface area contributed by atoms with Crippen molar-refractivity contribution in [2.75, 3.05) is 5.73 Å². The van der Waals surface area contributed by atoms with Crippen LogP contribution in [0.1, 0.15) is 62.5 Å². The fourth-order valence-corrected chi connectivity index (χ4v) is 11.3. The van der Waals surface area contributed by atoms with Gasteiger partial charge in [0.1, 0.15) is 5.54 Å². The largest absolute Gasteiger partial charge is 0.399 e. The maximum absolute atomic E-state index is 12.4. The lowest BCUT2D eigenvalue weighted by atomic mass is 9.56. The second-order valence-electron chi connectivity index (χ2n) is 20.4. The molecule has 0 atom stereocenters. The Morgan fingerprint density at radius 2 is 0.960 bits per heavy atom. The summed E-state index contributed by atoms with van der Waals surface area (Å²) < 4.78 is 13.9. The summed E-state index contributed by atoms with van der Waals surface area (Å²) in [6, 6.07) is 26.3. The van der Waals surface area contributed by atoms with Gasteiger partial charge in [-0.25, -0.2) is 4.79 Å². The van der Waals surface area contributed by atoms with E-state index >= 15 is 0 Å². The maximum Gasteiger partial charge on any atom is 0.327 e. The third kappa shape index (κ3) is 9.32. The van der Waals surface area contributed by atoms with Gasteiger partial charge in [-0.05, 0) is 94.0 Å². The van der Waals surface area contributed by atoms with Crippen molar-refractivity contribution >= 4 is 75.4 Å². The highest BCUT2D eigenvalue weighted by Crippen LogP contribution is 2.53. The molecule has 9 heterocycles. The molecule has 0 unspecified atom stereocenters. The smallest absolute Gasteiger partial charge is 0.327 e. The summed E-state index contributed by atoms with van der Waals surface area (Å²) in [6.45, 7) is 0. The van der Waals surface area contributed by atoms with E-state index in [0.717, 1.165) is 23.4 Å². The number of piperidine rings is 8. The van der Waals surface area contributed by atoms with Crippen LogP contribution in [0.25, 0.3) is 11.0 Å². The van der Waals surface area contributed by atoms with Gasteiger partial charge in [0.25, 0.3) is 11.6 Å². The van der Waals surface area contributed by atoms with Gasteiger partial charge in [0.05, 0.1) is 37.2 Å². The highest BCUT2D eigenvalue weighted by atomic mass is 19.1. The van der Waals surface area contributed by atoms with Gasteiger partial charge in [0.2, 0.25) is 47.2 Å². The van der Waals surface area contributed by atoms with Crippen LogP contribution in [0.15, 0.2) is 102 Å². The SMILES string of the molecule is NC12CC(C1)C(=O)NC2=O.Nc1ccccc1CC12CC(C1)C(=O)NC2=O.O=C1NC(=O)C2(Cc3ccccc3[N+](=O)[O-])CC1C2.O=C1NC(=O)C2(n3c(=O)[nH]c4ccccc43)CC1C2.O=[N+]([O-])c1ccccc1F. The van der Waals surface area contributed by atoms with E-state index in [9.17, 15) is 67.8 Å². The molecule has 388 valence electrons. The fraction of sp³-hybridized carbons (Fsp3) is 0.353. The number of carbonyl (C=O) groups is 8. The Labute approximate surface area is 423 Å². The van der Waals surface area contributed by atoms with Crippen LogP contribution < -0.4 is 38.4 Å². The number of halogens is 1. The van der Waals surface area contributed by atoms with Crippen LogP contribution in [0, 0.1) is 60.5 Å². The van der Waals surface area contributed by atoms with Crippen LogP contribution in [-0.4, -0.2) is 72.2 Å². The first-order valence-corrected chi connectivity index (χ1v) is 23.9. The minimum absolute atomic E-state index is 0.00250. The molecule has 8 bridgehead atoms. The summed E-state index contributed by atoms with van der Waals surface area (Å²) in [6.07, 6.45) is 5.22. The van der Waals surface area contributed by atoms with E-state index in [0.29, 0.717) is 80.8 Å². The molecular weight excluding hydrogens is 980 g/mol.